The smallest absolute Gasteiger partial charge is 0.393 e. The fourth-order valence-electron chi connectivity index (χ4n) is 10.2. The molecule has 0 aliphatic heterocycles. The number of ether oxygens (including phenoxy) is 7. The number of alkyl halides is 3. The Kier molecular flexibility index (Phi) is 34.4. The van der Waals surface area contributed by atoms with Crippen LogP contribution in [0.2, 0.25) is 5.02 Å². The minimum atomic E-state index is -4.23. The van der Waals surface area contributed by atoms with Gasteiger partial charge < -0.3 is 37.6 Å². The Bertz CT molecular complexity index is 5160. The summed E-state index contributed by atoms with van der Waals surface area (Å²) in [6, 6.07) is 21.8. The Morgan fingerprint density at radius 1 is 0.445 bits per heavy atom. The van der Waals surface area contributed by atoms with Crippen molar-refractivity contribution >= 4 is 132 Å². The van der Waals surface area contributed by atoms with E-state index in [0.717, 1.165) is 84.1 Å². The summed E-state index contributed by atoms with van der Waals surface area (Å²) in [5, 5.41) is 8.52. The van der Waals surface area contributed by atoms with Gasteiger partial charge >= 0.3 is 6.18 Å². The van der Waals surface area contributed by atoms with Crippen molar-refractivity contribution in [3.8, 4) is 10.4 Å². The number of benzene rings is 2. The van der Waals surface area contributed by atoms with Gasteiger partial charge in [0.25, 0.3) is 0 Å². The van der Waals surface area contributed by atoms with Crippen molar-refractivity contribution in [2.75, 3.05) is 0 Å². The number of hydrogen-bond acceptors (Lipinski definition) is 25. The molecule has 1 aliphatic rings. The Labute approximate surface area is 729 Å². The molecule has 29 heteroatoms. The molecule has 14 rings (SSSR count). The van der Waals surface area contributed by atoms with E-state index in [4.69, 9.17) is 49.2 Å². The zero-order valence-electron chi connectivity index (χ0n) is 74.1. The molecular weight excluding hydrogens is 1650 g/mol. The second kappa shape index (κ2) is 42.0. The third-order valence-corrected chi connectivity index (χ3v) is 22.9. The third kappa shape index (κ3) is 34.8. The van der Waals surface area contributed by atoms with Crippen LogP contribution in [-0.2, 0) is 96.7 Å². The first kappa shape index (κ1) is 97.6. The number of rotatable bonds is 19. The number of aromatic nitrogens is 11. The lowest BCUT2D eigenvalue weighted by atomic mass is 9.88. The van der Waals surface area contributed by atoms with Crippen LogP contribution in [0.15, 0.2) is 101 Å². The van der Waals surface area contributed by atoms with Crippen LogP contribution < -0.4 is 0 Å². The molecule has 0 unspecified atom stereocenters. The predicted molar refractivity (Wildman–Crippen MR) is 485 cm³/mol. The van der Waals surface area contributed by atoms with Crippen LogP contribution in [0.25, 0.3) is 62.9 Å². The molecule has 646 valence electrons. The van der Waals surface area contributed by atoms with Gasteiger partial charge in [0.15, 0.2) is 5.58 Å². The third-order valence-electron chi connectivity index (χ3n) is 16.8. The topological polar surface area (TPSA) is 220 Å². The SMILES string of the molecule is CC(C)(C)OCc1nc2cc(C(C)(C)C)cnc2s1.CC(C)(C)OCc1nc2cc(C3(C)CC3)cnc2s1.CC(C)(C)OCc1nc2cc(CC(F)(F)F)cnc2s1.CC(C)(C)OCc1nc2cc(Cl)ccc2o1.Cc1ccc(-c2sc(COC(C)C)nc2C)cc1.Cc1cnc2sc(COC(C)(C)C)nc2c1.Cc1csc(COC(C)C)n1. The summed E-state index contributed by atoms with van der Waals surface area (Å²) in [5.41, 5.74) is 13.0. The molecule has 13 aromatic rings. The van der Waals surface area contributed by atoms with Gasteiger partial charge in [-0.05, 0) is 253 Å². The standard InChI is InChI=1S/C15H20N2OS.C15H22N2OS.C15H19NOS.C13H15F3N2OS.C12H14ClNO2.C12H16N2OS.C8H13NOS/c1-14(2,3)18-9-12-17-11-7-10(15(4)5-6-15)8-16-13(11)19-12;1-14(2,3)10-7-11-13(16-8-10)19-12(17-11)9-18-15(4,5)6;1-10(2)17-9-14-16-12(4)15(18-14)13-7-5-11(3)6-8-13;1-12(2,3)19-7-10-18-9-4-8(5-13(14,15)16)6-17-11(9)20-10;1-12(2,3)15-7-11-14-9-6-8(13)4-5-10(9)16-11;1-8-5-9-11(13-6-8)16-10(14-9)7-15-12(2,3)4;1-6(2)10-4-8-9-7(3)5-11-8/h7-8H,5-6,9H2,1-4H3;7-8H,9H2,1-6H3;5-8,10H,9H2,1-4H3;4,6H,5,7H2,1-3H3;4-6H,7H2,1-3H3;5-6H,7H2,1-4H3;5-6H,4H2,1-3H3. The predicted octanol–water partition coefficient (Wildman–Crippen LogP) is 26.3. The molecule has 0 spiro atoms. The number of fused-ring (bicyclic) bond motifs is 5. The molecule has 2 aromatic carbocycles. The molecule has 19 nitrogen and oxygen atoms in total. The molecule has 0 amide bonds. The van der Waals surface area contributed by atoms with Crippen molar-refractivity contribution in [3.63, 3.8) is 0 Å². The summed E-state index contributed by atoms with van der Waals surface area (Å²) < 4.78 is 81.9. The minimum Gasteiger partial charge on any atom is -0.438 e. The van der Waals surface area contributed by atoms with Crippen LogP contribution in [0.3, 0.4) is 0 Å². The zero-order chi connectivity index (χ0) is 87.8. The van der Waals surface area contributed by atoms with E-state index >= 15 is 0 Å². The van der Waals surface area contributed by atoms with Crippen molar-refractivity contribution < 1.29 is 50.7 Å². The van der Waals surface area contributed by atoms with E-state index in [1.807, 2.05) is 134 Å². The maximum Gasteiger partial charge on any atom is 0.393 e. The van der Waals surface area contributed by atoms with Crippen LogP contribution in [0.5, 0.6) is 0 Å². The summed E-state index contributed by atoms with van der Waals surface area (Å²) in [4.78, 5) is 53.5. The van der Waals surface area contributed by atoms with Gasteiger partial charge in [0.05, 0.1) is 96.8 Å². The highest BCUT2D eigenvalue weighted by molar-refractivity contribution is 7.19. The van der Waals surface area contributed by atoms with Gasteiger partial charge in [-0.25, -0.2) is 54.8 Å². The number of nitrogens with zero attached hydrogens (tertiary/aromatic N) is 11. The molecule has 0 N–H and O–H groups in total. The lowest BCUT2D eigenvalue weighted by molar-refractivity contribution is -0.127. The van der Waals surface area contributed by atoms with Crippen LogP contribution in [0, 0.1) is 27.7 Å². The Balaban J connectivity index is 0.000000174. The highest BCUT2D eigenvalue weighted by Crippen LogP contribution is 2.48. The van der Waals surface area contributed by atoms with Crippen LogP contribution in [0.1, 0.15) is 247 Å². The summed E-state index contributed by atoms with van der Waals surface area (Å²) in [5.74, 6) is 0.576. The number of thiazole rings is 6. The molecule has 0 atom stereocenters. The molecule has 0 bridgehead atoms. The summed E-state index contributed by atoms with van der Waals surface area (Å²) in [6.45, 7) is 59.1. The normalized spacial score (nSPS) is 13.2. The lowest BCUT2D eigenvalue weighted by Crippen LogP contribution is -2.18. The second-order valence-electron chi connectivity index (χ2n) is 35.8. The molecule has 0 saturated heterocycles. The van der Waals surface area contributed by atoms with E-state index in [0.29, 0.717) is 84.0 Å². The van der Waals surface area contributed by atoms with Crippen molar-refractivity contribution in [1.82, 2.24) is 54.8 Å². The first-order valence-electron chi connectivity index (χ1n) is 39.7. The maximum atomic E-state index is 12.3. The lowest BCUT2D eigenvalue weighted by Gasteiger charge is -2.18. The zero-order valence-corrected chi connectivity index (χ0v) is 79.8. The maximum absolute atomic E-state index is 12.3. The van der Waals surface area contributed by atoms with Crippen molar-refractivity contribution in [3.05, 3.63) is 177 Å². The average Bonchev–Trinajstić information content (AvgIpc) is 1.61. The quantitative estimate of drug-likeness (QED) is 0.0734. The van der Waals surface area contributed by atoms with Gasteiger partial charge in [-0.15, -0.1) is 22.7 Å². The van der Waals surface area contributed by atoms with E-state index in [9.17, 15) is 13.2 Å². The fourth-order valence-corrected chi connectivity index (χ4v) is 15.3. The van der Waals surface area contributed by atoms with E-state index in [-0.39, 0.29) is 45.1 Å². The van der Waals surface area contributed by atoms with Gasteiger partial charge in [0, 0.05) is 40.9 Å². The molecule has 11 heterocycles. The summed E-state index contributed by atoms with van der Waals surface area (Å²) in [6.07, 6.45) is 4.95. The number of hydrogen-bond donors (Lipinski definition) is 0. The summed E-state index contributed by atoms with van der Waals surface area (Å²) >= 11 is 15.4. The average molecular weight is 1770 g/mol. The van der Waals surface area contributed by atoms with Crippen molar-refractivity contribution in [1.29, 1.82) is 0 Å². The fraction of sp³-hybridized carbons (Fsp3) is 0.522. The second-order valence-corrected chi connectivity index (χ2v) is 42.6. The van der Waals surface area contributed by atoms with Crippen molar-refractivity contribution in [2.45, 2.75) is 310 Å². The minimum absolute atomic E-state index is 0.104. The number of oxazole rings is 1. The van der Waals surface area contributed by atoms with E-state index in [1.54, 1.807) is 68.8 Å². The van der Waals surface area contributed by atoms with E-state index in [1.165, 1.54) is 63.6 Å². The largest absolute Gasteiger partial charge is 0.438 e. The first-order valence-corrected chi connectivity index (χ1v) is 45.1. The van der Waals surface area contributed by atoms with Gasteiger partial charge in [-0.3, -0.25) is 0 Å². The molecule has 1 saturated carbocycles. The Hall–Kier alpha value is -6.87. The molecule has 1 fully saturated rings. The number of aryl methyl sites for hydroxylation is 4. The molecular formula is C90H119ClF3N11O8S6. The van der Waals surface area contributed by atoms with E-state index in [2.05, 4.69) is 180 Å². The molecule has 119 heavy (non-hydrogen) atoms. The molecule has 1 aliphatic carbocycles. The van der Waals surface area contributed by atoms with Gasteiger partial charge in [0.2, 0.25) is 5.89 Å². The van der Waals surface area contributed by atoms with Gasteiger partial charge in [-0.1, -0.05) is 114 Å². The number of halogens is 4. The van der Waals surface area contributed by atoms with Gasteiger partial charge in [-0.2, -0.15) is 13.2 Å². The Morgan fingerprint density at radius 3 is 1.34 bits per heavy atom. The van der Waals surface area contributed by atoms with Gasteiger partial charge in [0.1, 0.15) is 83.6 Å². The number of pyridine rings is 4. The highest BCUT2D eigenvalue weighted by Gasteiger charge is 2.39. The molecule has 0 radical (unpaired) electrons. The molecule has 11 aromatic heterocycles. The van der Waals surface area contributed by atoms with Crippen molar-refractivity contribution in [2.24, 2.45) is 0 Å². The van der Waals surface area contributed by atoms with Crippen LogP contribution in [-0.4, -0.2) is 101 Å². The highest BCUT2D eigenvalue weighted by atomic mass is 35.5. The monoisotopic (exact) mass is 1770 g/mol. The first-order chi connectivity index (χ1) is 55.2. The summed E-state index contributed by atoms with van der Waals surface area (Å²) in [7, 11) is 0. The van der Waals surface area contributed by atoms with Crippen LogP contribution in [0.4, 0.5) is 13.2 Å². The van der Waals surface area contributed by atoms with E-state index < -0.39 is 12.6 Å². The Morgan fingerprint density at radius 2 is 0.882 bits per heavy atom. The van der Waals surface area contributed by atoms with Crippen LogP contribution >= 0.6 is 79.6 Å².